The van der Waals surface area contributed by atoms with Crippen LogP contribution in [0.5, 0.6) is 0 Å². The second-order valence-electron chi connectivity index (χ2n) is 6.77. The molecule has 0 aliphatic heterocycles. The number of aromatic amines is 1. The molecule has 24 heavy (non-hydrogen) atoms. The fraction of sp³-hybridized carbons (Fsp3) is 0.368. The minimum Gasteiger partial charge on any atom is -0.481 e. The zero-order chi connectivity index (χ0) is 17.9. The van der Waals surface area contributed by atoms with Gasteiger partial charge in [0.1, 0.15) is 5.60 Å². The number of fused-ring (bicyclic) bond motifs is 1. The molecule has 0 amide bonds. The molecule has 1 heterocycles. The Kier molecular flexibility index (Phi) is 5.12. The van der Waals surface area contributed by atoms with Crippen molar-refractivity contribution in [3.63, 3.8) is 0 Å². The van der Waals surface area contributed by atoms with Crippen LogP contribution in [0.3, 0.4) is 0 Å². The number of esters is 1. The van der Waals surface area contributed by atoms with Crippen LogP contribution in [-0.2, 0) is 27.2 Å². The third kappa shape index (κ3) is 4.04. The fourth-order valence-corrected chi connectivity index (χ4v) is 2.63. The van der Waals surface area contributed by atoms with Crippen molar-refractivity contribution in [2.24, 2.45) is 5.92 Å². The van der Waals surface area contributed by atoms with E-state index in [9.17, 15) is 14.7 Å². The summed E-state index contributed by atoms with van der Waals surface area (Å²) in [5.41, 5.74) is 2.09. The topological polar surface area (TPSA) is 79.4 Å². The lowest BCUT2D eigenvalue weighted by Crippen LogP contribution is -2.33. The van der Waals surface area contributed by atoms with E-state index in [1.54, 1.807) is 27.0 Å². The predicted octanol–water partition coefficient (Wildman–Crippen LogP) is 3.48. The number of rotatable bonds is 6. The number of aromatic nitrogens is 1. The summed E-state index contributed by atoms with van der Waals surface area (Å²) in [5.74, 6) is -3.13. The van der Waals surface area contributed by atoms with E-state index >= 15 is 0 Å². The van der Waals surface area contributed by atoms with Crippen LogP contribution < -0.4 is 0 Å². The van der Waals surface area contributed by atoms with E-state index in [2.05, 4.69) is 11.6 Å². The number of para-hydroxylation sites is 1. The van der Waals surface area contributed by atoms with Gasteiger partial charge in [-0.05, 0) is 44.7 Å². The molecule has 2 aromatic rings. The molecular formula is C19H23NO4. The minimum atomic E-state index is -1.23. The van der Waals surface area contributed by atoms with Gasteiger partial charge in [0.05, 0.1) is 0 Å². The van der Waals surface area contributed by atoms with Crippen LogP contribution in [0, 0.1) is 5.92 Å². The van der Waals surface area contributed by atoms with Crippen LogP contribution in [0.25, 0.3) is 10.9 Å². The van der Waals surface area contributed by atoms with Gasteiger partial charge in [-0.3, -0.25) is 9.59 Å². The number of ether oxygens (including phenoxy) is 1. The highest BCUT2D eigenvalue weighted by Gasteiger charge is 2.32. The zero-order valence-corrected chi connectivity index (χ0v) is 14.3. The van der Waals surface area contributed by atoms with Crippen molar-refractivity contribution >= 4 is 22.8 Å². The summed E-state index contributed by atoms with van der Waals surface area (Å²) >= 11 is 0. The smallest absolute Gasteiger partial charge is 0.321 e. The van der Waals surface area contributed by atoms with Crippen LogP contribution in [0.15, 0.2) is 37.1 Å². The predicted molar refractivity (Wildman–Crippen MR) is 92.9 cm³/mol. The van der Waals surface area contributed by atoms with Gasteiger partial charge < -0.3 is 14.8 Å². The normalized spacial score (nSPS) is 12.8. The Balaban J connectivity index is 2.32. The first-order valence-electron chi connectivity index (χ1n) is 7.87. The number of carboxylic acids is 1. The molecule has 0 aliphatic rings. The highest BCUT2D eigenvalue weighted by molar-refractivity contribution is 5.95. The van der Waals surface area contributed by atoms with Crippen molar-refractivity contribution in [3.8, 4) is 0 Å². The molecular weight excluding hydrogens is 306 g/mol. The molecule has 0 aliphatic carbocycles. The molecule has 2 N–H and O–H groups in total. The maximum atomic E-state index is 12.2. The lowest BCUT2D eigenvalue weighted by molar-refractivity contribution is -0.166. The van der Waals surface area contributed by atoms with Gasteiger partial charge in [-0.2, -0.15) is 0 Å². The molecule has 5 heteroatoms. The number of carboxylic acid groups (broad SMARTS) is 1. The number of hydrogen-bond donors (Lipinski definition) is 2. The van der Waals surface area contributed by atoms with Crippen LogP contribution in [0.4, 0.5) is 0 Å². The van der Waals surface area contributed by atoms with Crippen LogP contribution in [0.1, 0.15) is 31.9 Å². The number of hydrogen-bond acceptors (Lipinski definition) is 3. The molecule has 5 nitrogen and oxygen atoms in total. The SMILES string of the molecule is C=CCc1cccc2c(C[C@H](C(=O)O)C(=O)OC(C)(C)C)c[nH]c12. The number of aliphatic carboxylic acids is 1. The Bertz CT molecular complexity index is 767. The Labute approximate surface area is 141 Å². The summed E-state index contributed by atoms with van der Waals surface area (Å²) in [4.78, 5) is 26.9. The lowest BCUT2D eigenvalue weighted by Gasteiger charge is -2.22. The second kappa shape index (κ2) is 6.91. The Morgan fingerprint density at radius 3 is 2.62 bits per heavy atom. The quantitative estimate of drug-likeness (QED) is 0.483. The first kappa shape index (κ1) is 17.8. The van der Waals surface area contributed by atoms with Crippen molar-refractivity contribution in [1.29, 1.82) is 0 Å². The van der Waals surface area contributed by atoms with Gasteiger partial charge in [0.15, 0.2) is 5.92 Å². The van der Waals surface area contributed by atoms with Gasteiger partial charge in [0, 0.05) is 17.1 Å². The van der Waals surface area contributed by atoms with E-state index in [-0.39, 0.29) is 6.42 Å². The third-order valence-electron chi connectivity index (χ3n) is 3.67. The van der Waals surface area contributed by atoms with E-state index in [1.165, 1.54) is 0 Å². The standard InChI is InChI=1S/C19H23NO4/c1-5-7-12-8-6-9-14-13(11-20-16(12)14)10-15(17(21)22)18(23)24-19(2,3)4/h5-6,8-9,11,15,20H,1,7,10H2,2-4H3,(H,21,22)/t15-/m1/s1. The molecule has 0 bridgehead atoms. The molecule has 0 saturated heterocycles. The number of carbonyl (C=O) groups is 2. The van der Waals surface area contributed by atoms with E-state index in [1.807, 2.05) is 24.3 Å². The largest absolute Gasteiger partial charge is 0.481 e. The van der Waals surface area contributed by atoms with E-state index in [0.29, 0.717) is 6.42 Å². The lowest BCUT2D eigenvalue weighted by atomic mass is 9.97. The monoisotopic (exact) mass is 329 g/mol. The number of benzene rings is 1. The van der Waals surface area contributed by atoms with Crippen molar-refractivity contribution in [3.05, 3.63) is 48.2 Å². The number of carbonyl (C=O) groups excluding carboxylic acids is 1. The number of allylic oxidation sites excluding steroid dienone is 1. The molecule has 1 aromatic heterocycles. The van der Waals surface area contributed by atoms with Gasteiger partial charge in [-0.15, -0.1) is 6.58 Å². The van der Waals surface area contributed by atoms with E-state index in [0.717, 1.165) is 22.0 Å². The Hall–Kier alpha value is -2.56. The molecule has 2 rings (SSSR count). The van der Waals surface area contributed by atoms with Gasteiger partial charge in [0.2, 0.25) is 0 Å². The maximum Gasteiger partial charge on any atom is 0.321 e. The summed E-state index contributed by atoms with van der Waals surface area (Å²) in [6, 6.07) is 5.83. The molecule has 0 saturated carbocycles. The molecule has 0 radical (unpaired) electrons. The summed E-state index contributed by atoms with van der Waals surface area (Å²) in [7, 11) is 0. The van der Waals surface area contributed by atoms with Crippen molar-refractivity contribution in [1.82, 2.24) is 4.98 Å². The highest BCUT2D eigenvalue weighted by Crippen LogP contribution is 2.25. The maximum absolute atomic E-state index is 12.2. The van der Waals surface area contributed by atoms with Crippen LogP contribution in [-0.4, -0.2) is 27.6 Å². The molecule has 0 unspecified atom stereocenters. The summed E-state index contributed by atoms with van der Waals surface area (Å²) in [5, 5.41) is 10.3. The molecule has 0 fully saturated rings. The molecule has 1 aromatic carbocycles. The molecule has 1 atom stereocenters. The fourth-order valence-electron chi connectivity index (χ4n) is 2.63. The van der Waals surface area contributed by atoms with Gasteiger partial charge >= 0.3 is 11.9 Å². The van der Waals surface area contributed by atoms with Crippen molar-refractivity contribution in [2.75, 3.05) is 0 Å². The van der Waals surface area contributed by atoms with Crippen LogP contribution >= 0.6 is 0 Å². The van der Waals surface area contributed by atoms with Gasteiger partial charge in [-0.1, -0.05) is 24.3 Å². The summed E-state index contributed by atoms with van der Waals surface area (Å²) in [6.07, 6.45) is 4.38. The second-order valence-corrected chi connectivity index (χ2v) is 6.77. The number of H-pyrrole nitrogens is 1. The first-order valence-corrected chi connectivity index (χ1v) is 7.87. The minimum absolute atomic E-state index is 0.0851. The van der Waals surface area contributed by atoms with Crippen molar-refractivity contribution in [2.45, 2.75) is 39.2 Å². The Morgan fingerprint density at radius 1 is 1.33 bits per heavy atom. The van der Waals surface area contributed by atoms with E-state index in [4.69, 9.17) is 4.74 Å². The van der Waals surface area contributed by atoms with Crippen LogP contribution in [0.2, 0.25) is 0 Å². The molecule has 128 valence electrons. The highest BCUT2D eigenvalue weighted by atomic mass is 16.6. The molecule has 0 spiro atoms. The third-order valence-corrected chi connectivity index (χ3v) is 3.67. The average molecular weight is 329 g/mol. The Morgan fingerprint density at radius 2 is 2.04 bits per heavy atom. The zero-order valence-electron chi connectivity index (χ0n) is 14.3. The number of nitrogens with one attached hydrogen (secondary N) is 1. The summed E-state index contributed by atoms with van der Waals surface area (Å²) in [6.45, 7) is 8.90. The van der Waals surface area contributed by atoms with Crippen molar-refractivity contribution < 1.29 is 19.4 Å². The van der Waals surface area contributed by atoms with Gasteiger partial charge in [-0.25, -0.2) is 0 Å². The van der Waals surface area contributed by atoms with Gasteiger partial charge in [0.25, 0.3) is 0 Å². The van der Waals surface area contributed by atoms with E-state index < -0.39 is 23.5 Å². The first-order chi connectivity index (χ1) is 11.2. The average Bonchev–Trinajstić information content (AvgIpc) is 2.87. The summed E-state index contributed by atoms with van der Waals surface area (Å²) < 4.78 is 5.24.